The summed E-state index contributed by atoms with van der Waals surface area (Å²) in [5.74, 6) is 0.145. The van der Waals surface area contributed by atoms with Gasteiger partial charge in [-0.05, 0) is 50.4 Å². The third kappa shape index (κ3) is 3.07. The van der Waals surface area contributed by atoms with Gasteiger partial charge < -0.3 is 10.2 Å². The number of piperidine rings is 1. The Morgan fingerprint density at radius 2 is 2.23 bits per heavy atom. The molecule has 1 aliphatic heterocycles. The Balaban J connectivity index is 1.69. The lowest BCUT2D eigenvalue weighted by atomic mass is 10.0. The fraction of sp³-hybridized carbons (Fsp3) is 0.556. The Bertz CT molecular complexity index is 580. The topological polar surface area (TPSA) is 49.4 Å². The van der Waals surface area contributed by atoms with Crippen LogP contribution in [0.2, 0.25) is 0 Å². The van der Waals surface area contributed by atoms with E-state index >= 15 is 0 Å². The van der Waals surface area contributed by atoms with E-state index in [1.165, 1.54) is 0 Å². The molecule has 1 heterocycles. The number of Topliss-reactive ketones (excluding diaryl/α,β-unsaturated/α-hetero) is 1. The Morgan fingerprint density at radius 1 is 1.36 bits per heavy atom. The SMILES string of the molecule is CCCN1CCC[C@H](NC(=O)c2cccc3c2CCC3=O)C1. The van der Waals surface area contributed by atoms with Gasteiger partial charge in [0.2, 0.25) is 0 Å². The minimum atomic E-state index is -0.0186. The molecule has 1 atom stereocenters. The van der Waals surface area contributed by atoms with Crippen molar-refractivity contribution in [2.24, 2.45) is 0 Å². The smallest absolute Gasteiger partial charge is 0.251 e. The van der Waals surface area contributed by atoms with Crippen LogP contribution in [0.3, 0.4) is 0 Å². The van der Waals surface area contributed by atoms with Crippen molar-refractivity contribution in [3.63, 3.8) is 0 Å². The van der Waals surface area contributed by atoms with E-state index in [1.807, 2.05) is 18.2 Å². The molecule has 0 bridgehead atoms. The summed E-state index contributed by atoms with van der Waals surface area (Å²) >= 11 is 0. The van der Waals surface area contributed by atoms with Crippen molar-refractivity contribution in [3.8, 4) is 0 Å². The lowest BCUT2D eigenvalue weighted by molar-refractivity contribution is 0.0902. The average molecular weight is 300 g/mol. The number of ketones is 1. The van der Waals surface area contributed by atoms with Gasteiger partial charge >= 0.3 is 0 Å². The zero-order valence-corrected chi connectivity index (χ0v) is 13.2. The molecule has 1 saturated heterocycles. The maximum Gasteiger partial charge on any atom is 0.251 e. The minimum absolute atomic E-state index is 0.0186. The molecule has 1 aromatic carbocycles. The van der Waals surface area contributed by atoms with Gasteiger partial charge in [-0.2, -0.15) is 0 Å². The third-order valence-corrected chi connectivity index (χ3v) is 4.70. The molecule has 4 heteroatoms. The number of benzene rings is 1. The number of fused-ring (bicyclic) bond motifs is 1. The first kappa shape index (κ1) is 15.2. The van der Waals surface area contributed by atoms with Crippen LogP contribution in [0.4, 0.5) is 0 Å². The Hall–Kier alpha value is -1.68. The van der Waals surface area contributed by atoms with Gasteiger partial charge in [-0.15, -0.1) is 0 Å². The van der Waals surface area contributed by atoms with Crippen LogP contribution < -0.4 is 5.32 Å². The fourth-order valence-electron chi connectivity index (χ4n) is 3.66. The second-order valence-electron chi connectivity index (χ2n) is 6.37. The molecule has 0 spiro atoms. The summed E-state index contributed by atoms with van der Waals surface area (Å²) < 4.78 is 0. The molecule has 4 nitrogen and oxygen atoms in total. The number of nitrogens with zero attached hydrogens (tertiary/aromatic N) is 1. The standard InChI is InChI=1S/C18H24N2O2/c1-2-10-20-11-4-5-13(12-20)19-18(22)16-7-3-6-15-14(16)8-9-17(15)21/h3,6-7,13H,2,4-5,8-12H2,1H3,(H,19,22)/t13-/m0/s1. The lowest BCUT2D eigenvalue weighted by Gasteiger charge is -2.33. The van der Waals surface area contributed by atoms with Crippen LogP contribution in [0.1, 0.15) is 58.9 Å². The Labute approximate surface area is 131 Å². The zero-order valence-electron chi connectivity index (χ0n) is 13.2. The van der Waals surface area contributed by atoms with E-state index in [-0.39, 0.29) is 17.7 Å². The predicted octanol–water partition coefficient (Wildman–Crippen LogP) is 2.42. The monoisotopic (exact) mass is 300 g/mol. The van der Waals surface area contributed by atoms with Crippen molar-refractivity contribution in [1.29, 1.82) is 0 Å². The number of hydrogen-bond donors (Lipinski definition) is 1. The first-order valence-corrected chi connectivity index (χ1v) is 8.37. The van der Waals surface area contributed by atoms with Crippen molar-refractivity contribution in [2.75, 3.05) is 19.6 Å². The largest absolute Gasteiger partial charge is 0.348 e. The number of amides is 1. The van der Waals surface area contributed by atoms with Gasteiger partial charge in [0.1, 0.15) is 0 Å². The summed E-state index contributed by atoms with van der Waals surface area (Å²) in [6.45, 7) is 5.36. The van der Waals surface area contributed by atoms with Crippen molar-refractivity contribution in [1.82, 2.24) is 10.2 Å². The highest BCUT2D eigenvalue weighted by Gasteiger charge is 2.26. The van der Waals surface area contributed by atoms with Gasteiger partial charge in [0.25, 0.3) is 5.91 Å². The van der Waals surface area contributed by atoms with Crippen LogP contribution in [0, 0.1) is 0 Å². The van der Waals surface area contributed by atoms with Crippen LogP contribution >= 0.6 is 0 Å². The van der Waals surface area contributed by atoms with Crippen LogP contribution in [-0.4, -0.2) is 42.3 Å². The van der Waals surface area contributed by atoms with Gasteiger partial charge in [0.15, 0.2) is 5.78 Å². The zero-order chi connectivity index (χ0) is 15.5. The molecule has 2 aliphatic rings. The Kier molecular flexibility index (Phi) is 4.57. The van der Waals surface area contributed by atoms with E-state index in [0.717, 1.165) is 50.0 Å². The molecular weight excluding hydrogens is 276 g/mol. The number of nitrogens with one attached hydrogen (secondary N) is 1. The van der Waals surface area contributed by atoms with Gasteiger partial charge in [-0.1, -0.05) is 19.1 Å². The van der Waals surface area contributed by atoms with Crippen LogP contribution in [0.5, 0.6) is 0 Å². The van der Waals surface area contributed by atoms with Crippen LogP contribution in [0.25, 0.3) is 0 Å². The molecule has 0 saturated carbocycles. The summed E-state index contributed by atoms with van der Waals surface area (Å²) in [6, 6.07) is 5.73. The number of likely N-dealkylation sites (tertiary alicyclic amines) is 1. The Morgan fingerprint density at radius 3 is 3.05 bits per heavy atom. The van der Waals surface area contributed by atoms with Crippen molar-refractivity contribution in [3.05, 3.63) is 34.9 Å². The normalized spacial score (nSPS) is 21.7. The van der Waals surface area contributed by atoms with Crippen LogP contribution in [-0.2, 0) is 6.42 Å². The highest BCUT2D eigenvalue weighted by molar-refractivity contribution is 6.05. The molecule has 1 aromatic rings. The molecule has 0 radical (unpaired) electrons. The number of rotatable bonds is 4. The van der Waals surface area contributed by atoms with Crippen LogP contribution in [0.15, 0.2) is 18.2 Å². The van der Waals surface area contributed by atoms with Gasteiger partial charge in [0.05, 0.1) is 0 Å². The molecule has 1 fully saturated rings. The van der Waals surface area contributed by atoms with Crippen molar-refractivity contribution >= 4 is 11.7 Å². The molecule has 0 unspecified atom stereocenters. The van der Waals surface area contributed by atoms with E-state index in [4.69, 9.17) is 0 Å². The maximum absolute atomic E-state index is 12.6. The molecular formula is C18H24N2O2. The molecule has 3 rings (SSSR count). The number of carbonyl (C=O) groups excluding carboxylic acids is 2. The minimum Gasteiger partial charge on any atom is -0.348 e. The van der Waals surface area contributed by atoms with Crippen molar-refractivity contribution < 1.29 is 9.59 Å². The summed E-state index contributed by atoms with van der Waals surface area (Å²) in [5.41, 5.74) is 2.37. The number of carbonyl (C=O) groups is 2. The molecule has 1 N–H and O–H groups in total. The second kappa shape index (κ2) is 6.61. The van der Waals surface area contributed by atoms with E-state index in [0.29, 0.717) is 18.4 Å². The van der Waals surface area contributed by atoms with Gasteiger partial charge in [-0.3, -0.25) is 9.59 Å². The lowest BCUT2D eigenvalue weighted by Crippen LogP contribution is -2.48. The first-order valence-electron chi connectivity index (χ1n) is 8.37. The first-order chi connectivity index (χ1) is 10.7. The molecule has 22 heavy (non-hydrogen) atoms. The van der Waals surface area contributed by atoms with E-state index in [2.05, 4.69) is 17.1 Å². The van der Waals surface area contributed by atoms with E-state index in [1.54, 1.807) is 0 Å². The molecule has 118 valence electrons. The number of hydrogen-bond acceptors (Lipinski definition) is 3. The average Bonchev–Trinajstić information content (AvgIpc) is 2.89. The predicted molar refractivity (Wildman–Crippen MR) is 86.3 cm³/mol. The highest BCUT2D eigenvalue weighted by Crippen LogP contribution is 2.25. The fourth-order valence-corrected chi connectivity index (χ4v) is 3.66. The third-order valence-electron chi connectivity index (χ3n) is 4.70. The van der Waals surface area contributed by atoms with Crippen molar-refractivity contribution in [2.45, 2.75) is 45.1 Å². The quantitative estimate of drug-likeness (QED) is 0.929. The molecule has 0 aromatic heterocycles. The van der Waals surface area contributed by atoms with E-state index < -0.39 is 0 Å². The summed E-state index contributed by atoms with van der Waals surface area (Å²) in [5, 5.41) is 3.18. The van der Waals surface area contributed by atoms with E-state index in [9.17, 15) is 9.59 Å². The molecule has 1 aliphatic carbocycles. The van der Waals surface area contributed by atoms with Gasteiger partial charge in [0, 0.05) is 30.1 Å². The summed E-state index contributed by atoms with van der Waals surface area (Å²) in [7, 11) is 0. The second-order valence-corrected chi connectivity index (χ2v) is 6.37. The maximum atomic E-state index is 12.6. The molecule has 1 amide bonds. The summed E-state index contributed by atoms with van der Waals surface area (Å²) in [4.78, 5) is 26.8. The van der Waals surface area contributed by atoms with Gasteiger partial charge in [-0.25, -0.2) is 0 Å². The highest BCUT2D eigenvalue weighted by atomic mass is 16.1. The summed E-state index contributed by atoms with van der Waals surface area (Å²) in [6.07, 6.45) is 4.56.